The van der Waals surface area contributed by atoms with E-state index in [1.165, 1.54) is 25.7 Å². The molecule has 0 aromatic carbocycles. The topological polar surface area (TPSA) is 51.4 Å². The fourth-order valence-corrected chi connectivity index (χ4v) is 2.70. The van der Waals surface area contributed by atoms with Crippen molar-refractivity contribution in [2.24, 2.45) is 5.73 Å². The molecule has 1 aromatic heterocycles. The number of rotatable bonds is 6. The van der Waals surface area contributed by atoms with Gasteiger partial charge in [-0.1, -0.05) is 12.8 Å². The number of hydrogen-bond acceptors (Lipinski definition) is 4. The third-order valence-electron chi connectivity index (χ3n) is 3.61. The van der Waals surface area contributed by atoms with Crippen LogP contribution in [0.15, 0.2) is 18.3 Å². The second-order valence-corrected chi connectivity index (χ2v) is 4.80. The standard InChI is InChI=1S/C14H23N3O/c1-18-13-8-4-10-16-14(13)17(11-5-9-15)12-6-2-3-7-12/h4,8,10,12H,2-3,5-7,9,11,15H2,1H3. The summed E-state index contributed by atoms with van der Waals surface area (Å²) in [7, 11) is 1.70. The molecule has 0 amide bonds. The zero-order valence-corrected chi connectivity index (χ0v) is 11.1. The van der Waals surface area contributed by atoms with Gasteiger partial charge in [-0.2, -0.15) is 0 Å². The van der Waals surface area contributed by atoms with Gasteiger partial charge < -0.3 is 15.4 Å². The summed E-state index contributed by atoms with van der Waals surface area (Å²) < 4.78 is 5.43. The van der Waals surface area contributed by atoms with Crippen LogP contribution < -0.4 is 15.4 Å². The lowest BCUT2D eigenvalue weighted by Gasteiger charge is -2.31. The van der Waals surface area contributed by atoms with E-state index in [2.05, 4.69) is 9.88 Å². The molecular formula is C14H23N3O. The van der Waals surface area contributed by atoms with Crippen LogP contribution in [0.3, 0.4) is 0 Å². The first-order valence-corrected chi connectivity index (χ1v) is 6.82. The Morgan fingerprint density at radius 2 is 2.22 bits per heavy atom. The maximum Gasteiger partial charge on any atom is 0.171 e. The van der Waals surface area contributed by atoms with E-state index in [0.717, 1.165) is 31.1 Å². The fourth-order valence-electron chi connectivity index (χ4n) is 2.70. The van der Waals surface area contributed by atoms with Gasteiger partial charge in [0.1, 0.15) is 0 Å². The molecule has 4 nitrogen and oxygen atoms in total. The lowest BCUT2D eigenvalue weighted by Crippen LogP contribution is -2.36. The number of hydrogen-bond donors (Lipinski definition) is 1. The summed E-state index contributed by atoms with van der Waals surface area (Å²) >= 11 is 0. The second kappa shape index (κ2) is 6.59. The number of anilines is 1. The highest BCUT2D eigenvalue weighted by atomic mass is 16.5. The summed E-state index contributed by atoms with van der Waals surface area (Å²) in [5.41, 5.74) is 5.65. The molecule has 0 spiro atoms. The van der Waals surface area contributed by atoms with E-state index in [-0.39, 0.29) is 0 Å². The highest BCUT2D eigenvalue weighted by molar-refractivity contribution is 5.53. The molecule has 1 heterocycles. The molecule has 18 heavy (non-hydrogen) atoms. The van der Waals surface area contributed by atoms with Crippen LogP contribution in [0, 0.1) is 0 Å². The first-order valence-electron chi connectivity index (χ1n) is 6.82. The Balaban J connectivity index is 2.20. The quantitative estimate of drug-likeness (QED) is 0.839. The van der Waals surface area contributed by atoms with Gasteiger partial charge in [-0.15, -0.1) is 0 Å². The van der Waals surface area contributed by atoms with Gasteiger partial charge in [0.2, 0.25) is 0 Å². The number of aromatic nitrogens is 1. The maximum atomic E-state index is 5.65. The minimum absolute atomic E-state index is 0.598. The van der Waals surface area contributed by atoms with E-state index in [1.54, 1.807) is 7.11 Å². The average Bonchev–Trinajstić information content (AvgIpc) is 2.94. The Labute approximate surface area is 109 Å². The van der Waals surface area contributed by atoms with Crippen LogP contribution in [0.25, 0.3) is 0 Å². The Morgan fingerprint density at radius 3 is 2.89 bits per heavy atom. The summed E-state index contributed by atoms with van der Waals surface area (Å²) in [6.07, 6.45) is 7.98. The van der Waals surface area contributed by atoms with Crippen molar-refractivity contribution in [3.8, 4) is 5.75 Å². The smallest absolute Gasteiger partial charge is 0.171 e. The monoisotopic (exact) mass is 249 g/mol. The molecule has 1 aromatic rings. The highest BCUT2D eigenvalue weighted by Crippen LogP contribution is 2.32. The zero-order valence-electron chi connectivity index (χ0n) is 11.1. The number of nitrogens with zero attached hydrogens (tertiary/aromatic N) is 2. The lowest BCUT2D eigenvalue weighted by molar-refractivity contribution is 0.409. The number of nitrogens with two attached hydrogens (primary N) is 1. The van der Waals surface area contributed by atoms with Crippen molar-refractivity contribution in [2.75, 3.05) is 25.1 Å². The summed E-state index contributed by atoms with van der Waals surface area (Å²) in [5, 5.41) is 0. The van der Waals surface area contributed by atoms with Gasteiger partial charge in [-0.05, 0) is 37.9 Å². The third-order valence-corrected chi connectivity index (χ3v) is 3.61. The van der Waals surface area contributed by atoms with E-state index < -0.39 is 0 Å². The van der Waals surface area contributed by atoms with Crippen molar-refractivity contribution in [3.05, 3.63) is 18.3 Å². The summed E-state index contributed by atoms with van der Waals surface area (Å²) in [6, 6.07) is 4.49. The van der Waals surface area contributed by atoms with E-state index in [9.17, 15) is 0 Å². The van der Waals surface area contributed by atoms with E-state index in [4.69, 9.17) is 10.5 Å². The minimum atomic E-state index is 0.598. The maximum absolute atomic E-state index is 5.65. The minimum Gasteiger partial charge on any atom is -0.493 e. The van der Waals surface area contributed by atoms with Crippen LogP contribution in [-0.4, -0.2) is 31.2 Å². The highest BCUT2D eigenvalue weighted by Gasteiger charge is 2.25. The van der Waals surface area contributed by atoms with Crippen LogP contribution in [0.2, 0.25) is 0 Å². The summed E-state index contributed by atoms with van der Waals surface area (Å²) in [6.45, 7) is 1.69. The van der Waals surface area contributed by atoms with Crippen LogP contribution >= 0.6 is 0 Å². The van der Waals surface area contributed by atoms with Gasteiger partial charge in [0, 0.05) is 18.8 Å². The number of pyridine rings is 1. The van der Waals surface area contributed by atoms with E-state index >= 15 is 0 Å². The fraction of sp³-hybridized carbons (Fsp3) is 0.643. The average molecular weight is 249 g/mol. The molecule has 4 heteroatoms. The lowest BCUT2D eigenvalue weighted by atomic mass is 10.2. The zero-order chi connectivity index (χ0) is 12.8. The van der Waals surface area contributed by atoms with Gasteiger partial charge in [0.05, 0.1) is 7.11 Å². The van der Waals surface area contributed by atoms with Crippen LogP contribution in [-0.2, 0) is 0 Å². The molecule has 1 aliphatic rings. The molecule has 0 aliphatic heterocycles. The van der Waals surface area contributed by atoms with E-state index in [1.807, 2.05) is 18.3 Å². The Bertz CT molecular complexity index is 364. The Morgan fingerprint density at radius 1 is 1.44 bits per heavy atom. The molecule has 0 saturated heterocycles. The first kappa shape index (κ1) is 13.1. The first-order chi connectivity index (χ1) is 8.86. The molecule has 0 unspecified atom stereocenters. The van der Waals surface area contributed by atoms with Crippen LogP contribution in [0.4, 0.5) is 5.82 Å². The summed E-state index contributed by atoms with van der Waals surface area (Å²) in [5.74, 6) is 1.83. The largest absolute Gasteiger partial charge is 0.493 e. The Kier molecular flexibility index (Phi) is 4.81. The van der Waals surface area contributed by atoms with Gasteiger partial charge in [-0.3, -0.25) is 0 Å². The van der Waals surface area contributed by atoms with Gasteiger partial charge in [0.25, 0.3) is 0 Å². The molecule has 2 rings (SSSR count). The third kappa shape index (κ3) is 2.93. The molecule has 0 atom stereocenters. The van der Waals surface area contributed by atoms with Gasteiger partial charge in [0.15, 0.2) is 11.6 Å². The molecule has 1 saturated carbocycles. The van der Waals surface area contributed by atoms with Crippen molar-refractivity contribution >= 4 is 5.82 Å². The van der Waals surface area contributed by atoms with Crippen molar-refractivity contribution in [3.63, 3.8) is 0 Å². The van der Waals surface area contributed by atoms with Crippen molar-refractivity contribution in [2.45, 2.75) is 38.1 Å². The molecule has 100 valence electrons. The molecule has 1 fully saturated rings. The van der Waals surface area contributed by atoms with Crippen LogP contribution in [0.5, 0.6) is 5.75 Å². The van der Waals surface area contributed by atoms with Crippen LogP contribution in [0.1, 0.15) is 32.1 Å². The normalized spacial score (nSPS) is 15.9. The molecule has 1 aliphatic carbocycles. The van der Waals surface area contributed by atoms with Gasteiger partial charge >= 0.3 is 0 Å². The summed E-state index contributed by atoms with van der Waals surface area (Å²) in [4.78, 5) is 6.90. The van der Waals surface area contributed by atoms with Crippen molar-refractivity contribution in [1.82, 2.24) is 4.98 Å². The van der Waals surface area contributed by atoms with Crippen molar-refractivity contribution < 1.29 is 4.74 Å². The number of methoxy groups -OCH3 is 1. The second-order valence-electron chi connectivity index (χ2n) is 4.80. The number of ether oxygens (including phenoxy) is 1. The molecule has 2 N–H and O–H groups in total. The SMILES string of the molecule is COc1cccnc1N(CCCN)C1CCCC1. The molecule has 0 bridgehead atoms. The van der Waals surface area contributed by atoms with E-state index in [0.29, 0.717) is 6.04 Å². The van der Waals surface area contributed by atoms with Gasteiger partial charge in [-0.25, -0.2) is 4.98 Å². The predicted octanol–water partition coefficient (Wildman–Crippen LogP) is 2.19. The predicted molar refractivity (Wildman–Crippen MR) is 74.1 cm³/mol. The Hall–Kier alpha value is -1.29. The van der Waals surface area contributed by atoms with Crippen molar-refractivity contribution in [1.29, 1.82) is 0 Å². The molecular weight excluding hydrogens is 226 g/mol. The molecule has 0 radical (unpaired) electrons.